The van der Waals surface area contributed by atoms with Gasteiger partial charge in [0, 0.05) is 5.69 Å². The summed E-state index contributed by atoms with van der Waals surface area (Å²) >= 11 is 13.7. The number of ether oxygens (including phenoxy) is 1. The second-order valence-electron chi connectivity index (χ2n) is 5.44. The van der Waals surface area contributed by atoms with Crippen molar-refractivity contribution in [2.75, 3.05) is 11.5 Å². The molecule has 24 heavy (non-hydrogen) atoms. The number of hydrogen-bond donors (Lipinski definition) is 0. The second kappa shape index (κ2) is 7.26. The van der Waals surface area contributed by atoms with Gasteiger partial charge in [-0.2, -0.15) is 0 Å². The van der Waals surface area contributed by atoms with E-state index in [1.54, 1.807) is 28.8 Å². The Labute approximate surface area is 155 Å². The molecule has 0 aromatic heterocycles. The molecular weight excluding hydrogens is 365 g/mol. The Hall–Kier alpha value is -1.36. The van der Waals surface area contributed by atoms with Crippen LogP contribution >= 0.6 is 35.0 Å². The van der Waals surface area contributed by atoms with Crippen molar-refractivity contribution in [3.63, 3.8) is 0 Å². The smallest absolute Gasteiger partial charge is 0.241 e. The van der Waals surface area contributed by atoms with Crippen LogP contribution < -0.4 is 9.64 Å². The third-order valence-corrected chi connectivity index (χ3v) is 5.90. The molecule has 1 amide bonds. The quantitative estimate of drug-likeness (QED) is 0.694. The Bertz CT molecular complexity index is 751. The maximum Gasteiger partial charge on any atom is 0.241 e. The van der Waals surface area contributed by atoms with Crippen molar-refractivity contribution in [2.45, 2.75) is 24.5 Å². The number of halogens is 2. The molecule has 2 aromatic carbocycles. The average molecular weight is 382 g/mol. The number of carbonyl (C=O) groups excluding carboxylic acids is 1. The highest BCUT2D eigenvalue weighted by atomic mass is 35.5. The average Bonchev–Trinajstić information content (AvgIpc) is 2.87. The Morgan fingerprint density at radius 1 is 1.12 bits per heavy atom. The molecule has 6 heteroatoms. The second-order valence-corrected chi connectivity index (χ2v) is 7.68. The molecule has 2 unspecified atom stereocenters. The summed E-state index contributed by atoms with van der Waals surface area (Å²) in [5, 5.41) is 0.707. The lowest BCUT2D eigenvalue weighted by atomic mass is 10.1. The lowest BCUT2D eigenvalue weighted by Gasteiger charge is -2.24. The zero-order chi connectivity index (χ0) is 17.3. The van der Waals surface area contributed by atoms with Gasteiger partial charge in [0.2, 0.25) is 5.91 Å². The third-order valence-electron chi connectivity index (χ3n) is 3.81. The molecule has 1 heterocycles. The lowest BCUT2D eigenvalue weighted by molar-refractivity contribution is -0.117. The molecule has 1 aliphatic rings. The van der Waals surface area contributed by atoms with E-state index in [0.717, 1.165) is 17.0 Å². The Balaban J connectivity index is 1.95. The van der Waals surface area contributed by atoms with Gasteiger partial charge >= 0.3 is 0 Å². The lowest BCUT2D eigenvalue weighted by Crippen LogP contribution is -2.30. The molecule has 0 bridgehead atoms. The normalized spacial score (nSPS) is 20.5. The van der Waals surface area contributed by atoms with Crippen molar-refractivity contribution in [1.82, 2.24) is 0 Å². The number of nitrogens with zero attached hydrogens (tertiary/aromatic N) is 1. The molecule has 0 aliphatic carbocycles. The summed E-state index contributed by atoms with van der Waals surface area (Å²) in [4.78, 5) is 14.4. The highest BCUT2D eigenvalue weighted by Crippen LogP contribution is 2.46. The fourth-order valence-electron chi connectivity index (χ4n) is 2.64. The first-order valence-electron chi connectivity index (χ1n) is 7.67. The van der Waals surface area contributed by atoms with Gasteiger partial charge in [-0.25, -0.2) is 0 Å². The summed E-state index contributed by atoms with van der Waals surface area (Å²) in [6, 6.07) is 13.1. The molecule has 3 nitrogen and oxygen atoms in total. The van der Waals surface area contributed by atoms with Gasteiger partial charge in [0.1, 0.15) is 11.1 Å². The van der Waals surface area contributed by atoms with Crippen molar-refractivity contribution in [2.24, 2.45) is 0 Å². The molecule has 0 spiro atoms. The topological polar surface area (TPSA) is 29.5 Å². The van der Waals surface area contributed by atoms with Gasteiger partial charge < -0.3 is 4.74 Å². The summed E-state index contributed by atoms with van der Waals surface area (Å²) in [6.07, 6.45) is 0. The van der Waals surface area contributed by atoms with Crippen LogP contribution in [0.1, 0.15) is 24.8 Å². The zero-order valence-corrected chi connectivity index (χ0v) is 15.7. The first kappa shape index (κ1) is 17.5. The van der Waals surface area contributed by atoms with Gasteiger partial charge in [0.25, 0.3) is 0 Å². The number of hydrogen-bond acceptors (Lipinski definition) is 3. The van der Waals surface area contributed by atoms with Crippen LogP contribution in [0.3, 0.4) is 0 Å². The van der Waals surface area contributed by atoms with Crippen LogP contribution in [-0.2, 0) is 4.79 Å². The predicted octanol–water partition coefficient (Wildman–Crippen LogP) is 5.56. The highest BCUT2D eigenvalue weighted by molar-refractivity contribution is 8.01. The van der Waals surface area contributed by atoms with Gasteiger partial charge in [-0.05, 0) is 49.7 Å². The van der Waals surface area contributed by atoms with Gasteiger partial charge in [-0.15, -0.1) is 11.8 Å². The van der Waals surface area contributed by atoms with Crippen LogP contribution in [0, 0.1) is 0 Å². The fourth-order valence-corrected chi connectivity index (χ4v) is 4.21. The summed E-state index contributed by atoms with van der Waals surface area (Å²) < 4.78 is 5.49. The first-order chi connectivity index (χ1) is 11.5. The van der Waals surface area contributed by atoms with Crippen LogP contribution in [0.4, 0.5) is 5.69 Å². The number of anilines is 1. The molecule has 0 saturated carbocycles. The van der Waals surface area contributed by atoms with Crippen molar-refractivity contribution in [1.29, 1.82) is 0 Å². The van der Waals surface area contributed by atoms with E-state index >= 15 is 0 Å². The van der Waals surface area contributed by atoms with Crippen LogP contribution in [0.2, 0.25) is 10.0 Å². The number of amides is 1. The Morgan fingerprint density at radius 3 is 2.46 bits per heavy atom. The van der Waals surface area contributed by atoms with E-state index < -0.39 is 0 Å². The van der Waals surface area contributed by atoms with E-state index in [4.69, 9.17) is 27.9 Å². The highest BCUT2D eigenvalue weighted by Gasteiger charge is 2.39. The number of benzene rings is 2. The maximum absolute atomic E-state index is 12.7. The van der Waals surface area contributed by atoms with Crippen molar-refractivity contribution < 1.29 is 9.53 Å². The molecule has 1 saturated heterocycles. The van der Waals surface area contributed by atoms with Gasteiger partial charge in [-0.3, -0.25) is 9.69 Å². The molecule has 1 fully saturated rings. The minimum atomic E-state index is -0.115. The zero-order valence-electron chi connectivity index (χ0n) is 13.3. The summed E-state index contributed by atoms with van der Waals surface area (Å²) in [5.74, 6) is 0.891. The SMILES string of the molecule is CCOc1ccc(C2SC(C)C(=O)N2c2ccc(Cl)c(Cl)c2)cc1. The van der Waals surface area contributed by atoms with Gasteiger partial charge in [0.05, 0.1) is 21.9 Å². The monoisotopic (exact) mass is 381 g/mol. The largest absolute Gasteiger partial charge is 0.494 e. The summed E-state index contributed by atoms with van der Waals surface area (Å²) in [5.41, 5.74) is 1.80. The van der Waals surface area contributed by atoms with E-state index in [1.165, 1.54) is 0 Å². The van der Waals surface area contributed by atoms with Crippen LogP contribution in [0.5, 0.6) is 5.75 Å². The number of thioether (sulfide) groups is 1. The number of carbonyl (C=O) groups is 1. The molecule has 0 radical (unpaired) electrons. The minimum Gasteiger partial charge on any atom is -0.494 e. The Kier molecular flexibility index (Phi) is 5.28. The summed E-state index contributed by atoms with van der Waals surface area (Å²) in [7, 11) is 0. The maximum atomic E-state index is 12.7. The molecular formula is C18H17Cl2NO2S. The standard InChI is InChI=1S/C18H17Cl2NO2S/c1-3-23-14-7-4-12(5-8-14)18-21(17(22)11(2)24-18)13-6-9-15(19)16(20)10-13/h4-11,18H,3H2,1-2H3. The van der Waals surface area contributed by atoms with Gasteiger partial charge in [0.15, 0.2) is 0 Å². The summed E-state index contributed by atoms with van der Waals surface area (Å²) in [6.45, 7) is 4.50. The van der Waals surface area contributed by atoms with E-state index in [2.05, 4.69) is 0 Å². The molecule has 0 N–H and O–H groups in total. The van der Waals surface area contributed by atoms with Crippen molar-refractivity contribution in [3.8, 4) is 5.75 Å². The van der Waals surface area contributed by atoms with Crippen molar-refractivity contribution in [3.05, 3.63) is 58.1 Å². The third kappa shape index (κ3) is 3.37. The van der Waals surface area contributed by atoms with Gasteiger partial charge in [-0.1, -0.05) is 35.3 Å². The first-order valence-corrected chi connectivity index (χ1v) is 9.37. The molecule has 1 aliphatic heterocycles. The number of rotatable bonds is 4. The van der Waals surface area contributed by atoms with E-state index in [-0.39, 0.29) is 16.5 Å². The van der Waals surface area contributed by atoms with Crippen LogP contribution in [-0.4, -0.2) is 17.8 Å². The Morgan fingerprint density at radius 2 is 1.83 bits per heavy atom. The van der Waals surface area contributed by atoms with Crippen molar-refractivity contribution >= 4 is 46.6 Å². The van der Waals surface area contributed by atoms with Crippen LogP contribution in [0.25, 0.3) is 0 Å². The molecule has 3 rings (SSSR count). The minimum absolute atomic E-state index is 0.0669. The van der Waals surface area contributed by atoms with Crippen LogP contribution in [0.15, 0.2) is 42.5 Å². The molecule has 2 aromatic rings. The predicted molar refractivity (Wildman–Crippen MR) is 101 cm³/mol. The fraction of sp³-hybridized carbons (Fsp3) is 0.278. The molecule has 126 valence electrons. The van der Waals surface area contributed by atoms with E-state index in [9.17, 15) is 4.79 Å². The van der Waals surface area contributed by atoms with E-state index in [1.807, 2.05) is 44.2 Å². The van der Waals surface area contributed by atoms with E-state index in [0.29, 0.717) is 16.7 Å². The molecule has 2 atom stereocenters.